The van der Waals surface area contributed by atoms with Crippen molar-refractivity contribution in [2.24, 2.45) is 5.84 Å². The van der Waals surface area contributed by atoms with E-state index in [1.165, 1.54) is 0 Å². The first-order valence-electron chi connectivity index (χ1n) is 6.40. The number of para-hydroxylation sites is 2. The normalized spacial score (nSPS) is 24.5. The van der Waals surface area contributed by atoms with Gasteiger partial charge in [-0.25, -0.2) is 5.84 Å². The molecule has 0 spiro atoms. The molecule has 98 valence electrons. The highest BCUT2D eigenvalue weighted by Crippen LogP contribution is 2.31. The second-order valence-electron chi connectivity index (χ2n) is 4.75. The lowest BCUT2D eigenvalue weighted by atomic mass is 10.2. The zero-order valence-electron chi connectivity index (χ0n) is 10.4. The van der Waals surface area contributed by atoms with E-state index in [9.17, 15) is 0 Å². The summed E-state index contributed by atoms with van der Waals surface area (Å²) in [4.78, 5) is 2.38. The summed E-state index contributed by atoms with van der Waals surface area (Å²) in [6, 6.07) is 8.12. The lowest BCUT2D eigenvalue weighted by molar-refractivity contribution is 0.0317. The number of morpholine rings is 1. The van der Waals surface area contributed by atoms with Crippen LogP contribution < -0.4 is 15.6 Å². The van der Waals surface area contributed by atoms with E-state index in [1.807, 2.05) is 29.3 Å². The summed E-state index contributed by atoms with van der Waals surface area (Å²) in [7, 11) is 0. The number of ether oxygens (including phenoxy) is 2. The summed E-state index contributed by atoms with van der Waals surface area (Å²) >= 11 is 0. The summed E-state index contributed by atoms with van der Waals surface area (Å²) < 4.78 is 11.1. The number of rotatable bonds is 2. The fourth-order valence-electron chi connectivity index (χ4n) is 2.48. The van der Waals surface area contributed by atoms with Crippen molar-refractivity contribution in [2.75, 3.05) is 44.5 Å². The van der Waals surface area contributed by atoms with Gasteiger partial charge in [0.15, 0.2) is 0 Å². The van der Waals surface area contributed by atoms with Crippen LogP contribution >= 0.6 is 0 Å². The van der Waals surface area contributed by atoms with E-state index in [-0.39, 0.29) is 6.04 Å². The van der Waals surface area contributed by atoms with Gasteiger partial charge < -0.3 is 9.47 Å². The Morgan fingerprint density at radius 3 is 2.83 bits per heavy atom. The van der Waals surface area contributed by atoms with Crippen LogP contribution in [-0.4, -0.2) is 50.4 Å². The molecule has 5 nitrogen and oxygen atoms in total. The predicted octanol–water partition coefficient (Wildman–Crippen LogP) is 0.460. The van der Waals surface area contributed by atoms with Gasteiger partial charge in [-0.2, -0.15) is 0 Å². The standard InChI is InChI=1S/C13H19N3O2/c14-16-11(9-15-5-7-17-8-6-15)10-18-13-4-2-1-3-12(13)16/h1-4,11H,5-10,14H2/t11-/m1/s1. The van der Waals surface area contributed by atoms with Gasteiger partial charge in [-0.15, -0.1) is 0 Å². The van der Waals surface area contributed by atoms with Gasteiger partial charge in [0.1, 0.15) is 12.4 Å². The van der Waals surface area contributed by atoms with Crippen LogP contribution in [0.4, 0.5) is 5.69 Å². The Balaban J connectivity index is 1.68. The molecule has 0 bridgehead atoms. The second kappa shape index (κ2) is 5.14. The van der Waals surface area contributed by atoms with E-state index in [4.69, 9.17) is 15.3 Å². The molecule has 1 saturated heterocycles. The third-order valence-corrected chi connectivity index (χ3v) is 3.54. The van der Waals surface area contributed by atoms with Gasteiger partial charge in [-0.1, -0.05) is 12.1 Å². The van der Waals surface area contributed by atoms with Crippen molar-refractivity contribution in [1.82, 2.24) is 4.90 Å². The monoisotopic (exact) mass is 249 g/mol. The van der Waals surface area contributed by atoms with Gasteiger partial charge in [0.2, 0.25) is 0 Å². The molecule has 2 aliphatic heterocycles. The minimum Gasteiger partial charge on any atom is -0.489 e. The Morgan fingerprint density at radius 1 is 1.22 bits per heavy atom. The van der Waals surface area contributed by atoms with Crippen LogP contribution in [-0.2, 0) is 4.74 Å². The van der Waals surface area contributed by atoms with E-state index >= 15 is 0 Å². The molecule has 1 fully saturated rings. The first-order chi connectivity index (χ1) is 8.84. The van der Waals surface area contributed by atoms with Gasteiger partial charge >= 0.3 is 0 Å². The zero-order chi connectivity index (χ0) is 12.4. The molecule has 0 saturated carbocycles. The van der Waals surface area contributed by atoms with Gasteiger partial charge in [0.25, 0.3) is 0 Å². The summed E-state index contributed by atoms with van der Waals surface area (Å²) in [5.41, 5.74) is 0.974. The molecule has 2 heterocycles. The average molecular weight is 249 g/mol. The summed E-state index contributed by atoms with van der Waals surface area (Å²) in [6.07, 6.45) is 0. The highest BCUT2D eigenvalue weighted by molar-refractivity contribution is 5.59. The zero-order valence-corrected chi connectivity index (χ0v) is 10.4. The van der Waals surface area contributed by atoms with Crippen LogP contribution in [0.5, 0.6) is 5.75 Å². The van der Waals surface area contributed by atoms with Gasteiger partial charge in [-0.05, 0) is 12.1 Å². The number of nitrogens with zero attached hydrogens (tertiary/aromatic N) is 2. The van der Waals surface area contributed by atoms with Crippen molar-refractivity contribution >= 4 is 5.69 Å². The van der Waals surface area contributed by atoms with Crippen LogP contribution in [0.3, 0.4) is 0 Å². The highest BCUT2D eigenvalue weighted by Gasteiger charge is 2.27. The van der Waals surface area contributed by atoms with E-state index < -0.39 is 0 Å². The van der Waals surface area contributed by atoms with Crippen molar-refractivity contribution in [1.29, 1.82) is 0 Å². The molecule has 0 aliphatic carbocycles. The molecule has 3 rings (SSSR count). The molecule has 1 atom stereocenters. The Morgan fingerprint density at radius 2 is 2.00 bits per heavy atom. The van der Waals surface area contributed by atoms with E-state index in [0.29, 0.717) is 6.61 Å². The number of hydrogen-bond acceptors (Lipinski definition) is 5. The van der Waals surface area contributed by atoms with Gasteiger partial charge in [0.05, 0.1) is 24.9 Å². The topological polar surface area (TPSA) is 51.0 Å². The predicted molar refractivity (Wildman–Crippen MR) is 69.7 cm³/mol. The number of hydrazine groups is 1. The Hall–Kier alpha value is -1.30. The van der Waals surface area contributed by atoms with Crippen molar-refractivity contribution in [3.8, 4) is 5.75 Å². The minimum absolute atomic E-state index is 0.206. The van der Waals surface area contributed by atoms with Crippen LogP contribution in [0, 0.1) is 0 Å². The molecule has 0 amide bonds. The molecule has 0 unspecified atom stereocenters. The van der Waals surface area contributed by atoms with Crippen molar-refractivity contribution in [2.45, 2.75) is 6.04 Å². The fraction of sp³-hybridized carbons (Fsp3) is 0.538. The maximum atomic E-state index is 6.20. The van der Waals surface area contributed by atoms with Crippen LogP contribution in [0.25, 0.3) is 0 Å². The smallest absolute Gasteiger partial charge is 0.144 e. The molecular formula is C13H19N3O2. The largest absolute Gasteiger partial charge is 0.489 e. The number of nitrogens with two attached hydrogens (primary N) is 1. The highest BCUT2D eigenvalue weighted by atomic mass is 16.5. The number of anilines is 1. The van der Waals surface area contributed by atoms with Crippen molar-refractivity contribution in [3.05, 3.63) is 24.3 Å². The molecule has 2 N–H and O–H groups in total. The molecule has 1 aromatic carbocycles. The Labute approximate surface area is 107 Å². The van der Waals surface area contributed by atoms with E-state index in [0.717, 1.165) is 44.3 Å². The number of hydrogen-bond donors (Lipinski definition) is 1. The minimum atomic E-state index is 0.206. The third kappa shape index (κ3) is 2.29. The van der Waals surface area contributed by atoms with Crippen LogP contribution in [0.2, 0.25) is 0 Å². The molecule has 1 aromatic rings. The maximum Gasteiger partial charge on any atom is 0.144 e. The van der Waals surface area contributed by atoms with Gasteiger partial charge in [-0.3, -0.25) is 9.91 Å². The number of benzene rings is 1. The molecule has 0 aromatic heterocycles. The molecule has 2 aliphatic rings. The molecule has 0 radical (unpaired) electrons. The second-order valence-corrected chi connectivity index (χ2v) is 4.75. The molecule has 5 heteroatoms. The average Bonchev–Trinajstić information content (AvgIpc) is 2.43. The Bertz CT molecular complexity index is 407. The summed E-state index contributed by atoms with van der Waals surface area (Å²) in [6.45, 7) is 5.15. The van der Waals surface area contributed by atoms with E-state index in [1.54, 1.807) is 0 Å². The van der Waals surface area contributed by atoms with Crippen molar-refractivity contribution < 1.29 is 9.47 Å². The van der Waals surface area contributed by atoms with Crippen molar-refractivity contribution in [3.63, 3.8) is 0 Å². The Kier molecular flexibility index (Phi) is 3.36. The SMILES string of the molecule is NN1c2ccccc2OC[C@H]1CN1CCOCC1. The van der Waals surface area contributed by atoms with Crippen LogP contribution in [0.1, 0.15) is 0 Å². The van der Waals surface area contributed by atoms with Gasteiger partial charge in [0, 0.05) is 19.6 Å². The molecular weight excluding hydrogens is 230 g/mol. The third-order valence-electron chi connectivity index (χ3n) is 3.54. The van der Waals surface area contributed by atoms with Crippen LogP contribution in [0.15, 0.2) is 24.3 Å². The lowest BCUT2D eigenvalue weighted by Gasteiger charge is -2.38. The summed E-state index contributed by atoms with van der Waals surface area (Å²) in [5, 5.41) is 1.84. The quantitative estimate of drug-likeness (QED) is 0.772. The molecule has 18 heavy (non-hydrogen) atoms. The first-order valence-corrected chi connectivity index (χ1v) is 6.40. The maximum absolute atomic E-state index is 6.20. The first kappa shape index (κ1) is 11.8. The fourth-order valence-corrected chi connectivity index (χ4v) is 2.48. The summed E-state index contributed by atoms with van der Waals surface area (Å²) in [5.74, 6) is 7.08. The lowest BCUT2D eigenvalue weighted by Crippen LogP contribution is -2.54. The van der Waals surface area contributed by atoms with E-state index in [2.05, 4.69) is 4.90 Å². The number of fused-ring (bicyclic) bond motifs is 1.